The number of primary amides is 1. The molecule has 1 aromatic heterocycles. The summed E-state index contributed by atoms with van der Waals surface area (Å²) in [4.78, 5) is 21.5. The third kappa shape index (κ3) is 2.89. The van der Waals surface area contributed by atoms with E-state index < -0.39 is 0 Å². The summed E-state index contributed by atoms with van der Waals surface area (Å²) in [6, 6.07) is 0. The highest BCUT2D eigenvalue weighted by Gasteiger charge is 2.26. The van der Waals surface area contributed by atoms with Crippen LogP contribution >= 0.6 is 0 Å². The second-order valence-corrected chi connectivity index (χ2v) is 4.16. The largest absolute Gasteiger partial charge is 0.369 e. The van der Waals surface area contributed by atoms with Gasteiger partial charge in [0.05, 0.1) is 24.0 Å². The molecule has 1 aliphatic heterocycles. The summed E-state index contributed by atoms with van der Waals surface area (Å²) >= 11 is 0. The molecule has 1 saturated heterocycles. The molecule has 1 fully saturated rings. The van der Waals surface area contributed by atoms with Crippen molar-refractivity contribution >= 4 is 11.7 Å². The fourth-order valence-electron chi connectivity index (χ4n) is 1.95. The Hall–Kier alpha value is -1.73. The molecule has 0 radical (unpaired) electrons. The first-order chi connectivity index (χ1) is 8.19. The van der Waals surface area contributed by atoms with Crippen molar-refractivity contribution in [3.8, 4) is 0 Å². The molecule has 2 heterocycles. The molecular formula is C10H16N6O. The molecule has 0 aromatic carbocycles. The van der Waals surface area contributed by atoms with Gasteiger partial charge in [-0.1, -0.05) is 0 Å². The number of nitrogens with two attached hydrogens (primary N) is 2. The number of rotatable bonds is 4. The van der Waals surface area contributed by atoms with E-state index in [9.17, 15) is 4.79 Å². The Morgan fingerprint density at radius 2 is 2.35 bits per heavy atom. The number of hydrogen-bond donors (Lipinski definition) is 3. The molecule has 92 valence electrons. The highest BCUT2D eigenvalue weighted by molar-refractivity contribution is 5.77. The number of carbonyl (C=O) groups is 1. The van der Waals surface area contributed by atoms with Crippen molar-refractivity contribution in [2.45, 2.75) is 13.0 Å². The number of anilines is 1. The molecule has 7 nitrogen and oxygen atoms in total. The topological polar surface area (TPSA) is 110 Å². The number of likely N-dealkylation sites (tertiary alicyclic amines) is 1. The first-order valence-corrected chi connectivity index (χ1v) is 5.48. The number of nitrogens with one attached hydrogen (secondary N) is 1. The van der Waals surface area contributed by atoms with Gasteiger partial charge in [0.1, 0.15) is 0 Å². The number of carbonyl (C=O) groups excluding carboxylic acids is 1. The zero-order chi connectivity index (χ0) is 12.3. The Labute approximate surface area is 99.2 Å². The van der Waals surface area contributed by atoms with Crippen molar-refractivity contribution in [1.82, 2.24) is 14.9 Å². The number of nitrogens with zero attached hydrogens (tertiary/aromatic N) is 3. The predicted molar refractivity (Wildman–Crippen MR) is 62.4 cm³/mol. The fourth-order valence-corrected chi connectivity index (χ4v) is 1.95. The zero-order valence-electron chi connectivity index (χ0n) is 9.47. The second-order valence-electron chi connectivity index (χ2n) is 4.16. The van der Waals surface area contributed by atoms with Gasteiger partial charge in [-0.25, -0.2) is 10.8 Å². The number of hydrogen-bond acceptors (Lipinski definition) is 6. The lowest BCUT2D eigenvalue weighted by molar-refractivity contribution is -0.121. The minimum Gasteiger partial charge on any atom is -0.369 e. The number of nitrogen functional groups attached to an aromatic ring is 1. The standard InChI is InChI=1S/C10H16N6O/c11-10(17)7-1-2-16(5-7)6-8-3-14-9(15-12)4-13-8/h3-4,7H,1-2,5-6,12H2,(H2,11,17)(H,14,15). The van der Waals surface area contributed by atoms with Crippen molar-refractivity contribution < 1.29 is 4.79 Å². The van der Waals surface area contributed by atoms with Gasteiger partial charge in [0.25, 0.3) is 0 Å². The Kier molecular flexibility index (Phi) is 3.50. The summed E-state index contributed by atoms with van der Waals surface area (Å²) in [5.41, 5.74) is 8.55. The van der Waals surface area contributed by atoms with E-state index in [1.165, 1.54) is 0 Å². The molecule has 0 spiro atoms. The molecule has 0 saturated carbocycles. The van der Waals surface area contributed by atoms with Crippen LogP contribution in [-0.2, 0) is 11.3 Å². The Bertz CT molecular complexity index is 392. The molecular weight excluding hydrogens is 220 g/mol. The monoisotopic (exact) mass is 236 g/mol. The molecule has 5 N–H and O–H groups in total. The fraction of sp³-hybridized carbons (Fsp3) is 0.500. The van der Waals surface area contributed by atoms with Gasteiger partial charge < -0.3 is 11.2 Å². The van der Waals surface area contributed by atoms with Gasteiger partial charge in [-0.15, -0.1) is 0 Å². The summed E-state index contributed by atoms with van der Waals surface area (Å²) in [6.07, 6.45) is 4.08. The third-order valence-electron chi connectivity index (χ3n) is 2.91. The molecule has 2 rings (SSSR count). The maximum Gasteiger partial charge on any atom is 0.221 e. The van der Waals surface area contributed by atoms with Crippen molar-refractivity contribution in [2.24, 2.45) is 17.5 Å². The van der Waals surface area contributed by atoms with Crippen LogP contribution in [0.4, 0.5) is 5.82 Å². The van der Waals surface area contributed by atoms with Crippen LogP contribution in [0.1, 0.15) is 12.1 Å². The summed E-state index contributed by atoms with van der Waals surface area (Å²) in [7, 11) is 0. The van der Waals surface area contributed by atoms with Crippen molar-refractivity contribution in [3.05, 3.63) is 18.1 Å². The van der Waals surface area contributed by atoms with E-state index in [1.807, 2.05) is 0 Å². The van der Waals surface area contributed by atoms with Gasteiger partial charge >= 0.3 is 0 Å². The third-order valence-corrected chi connectivity index (χ3v) is 2.91. The first kappa shape index (κ1) is 11.7. The SMILES string of the molecule is NNc1cnc(CN2CCC(C(N)=O)C2)cn1. The average Bonchev–Trinajstić information content (AvgIpc) is 2.79. The van der Waals surface area contributed by atoms with Gasteiger partial charge in [-0.3, -0.25) is 14.7 Å². The van der Waals surface area contributed by atoms with Crippen LogP contribution in [0.15, 0.2) is 12.4 Å². The number of amides is 1. The van der Waals surface area contributed by atoms with Gasteiger partial charge in [-0.05, 0) is 13.0 Å². The normalized spacial score (nSPS) is 20.4. The summed E-state index contributed by atoms with van der Waals surface area (Å²) < 4.78 is 0. The Morgan fingerprint density at radius 3 is 2.88 bits per heavy atom. The van der Waals surface area contributed by atoms with E-state index in [-0.39, 0.29) is 11.8 Å². The van der Waals surface area contributed by atoms with Crippen LogP contribution in [-0.4, -0.2) is 33.9 Å². The second kappa shape index (κ2) is 5.07. The molecule has 1 amide bonds. The van der Waals surface area contributed by atoms with E-state index in [2.05, 4.69) is 20.3 Å². The summed E-state index contributed by atoms with van der Waals surface area (Å²) in [5, 5.41) is 0. The molecule has 0 aliphatic carbocycles. The molecule has 7 heteroatoms. The first-order valence-electron chi connectivity index (χ1n) is 5.48. The quantitative estimate of drug-likeness (QED) is 0.460. The summed E-state index contributed by atoms with van der Waals surface area (Å²) in [6.45, 7) is 2.25. The molecule has 1 aliphatic rings. The van der Waals surface area contributed by atoms with E-state index in [4.69, 9.17) is 11.6 Å². The minimum atomic E-state index is -0.221. The lowest BCUT2D eigenvalue weighted by atomic mass is 10.1. The molecule has 1 unspecified atom stereocenters. The van der Waals surface area contributed by atoms with Gasteiger partial charge in [-0.2, -0.15) is 0 Å². The maximum atomic E-state index is 11.0. The Balaban J connectivity index is 1.91. The van der Waals surface area contributed by atoms with E-state index in [0.29, 0.717) is 18.9 Å². The molecule has 1 atom stereocenters. The molecule has 0 bridgehead atoms. The Morgan fingerprint density at radius 1 is 1.53 bits per heavy atom. The van der Waals surface area contributed by atoms with Crippen LogP contribution in [0.2, 0.25) is 0 Å². The van der Waals surface area contributed by atoms with Crippen molar-refractivity contribution in [3.63, 3.8) is 0 Å². The lowest BCUT2D eigenvalue weighted by Crippen LogP contribution is -2.27. The highest BCUT2D eigenvalue weighted by Crippen LogP contribution is 2.17. The lowest BCUT2D eigenvalue weighted by Gasteiger charge is -2.14. The van der Waals surface area contributed by atoms with Crippen LogP contribution in [0, 0.1) is 5.92 Å². The van der Waals surface area contributed by atoms with E-state index in [0.717, 1.165) is 18.7 Å². The van der Waals surface area contributed by atoms with Crippen LogP contribution in [0.25, 0.3) is 0 Å². The van der Waals surface area contributed by atoms with E-state index in [1.54, 1.807) is 12.4 Å². The minimum absolute atomic E-state index is 0.0343. The van der Waals surface area contributed by atoms with Gasteiger partial charge in [0.2, 0.25) is 5.91 Å². The summed E-state index contributed by atoms with van der Waals surface area (Å²) in [5.74, 6) is 5.48. The zero-order valence-corrected chi connectivity index (χ0v) is 9.47. The molecule has 1 aromatic rings. The molecule has 17 heavy (non-hydrogen) atoms. The highest BCUT2D eigenvalue weighted by atomic mass is 16.1. The maximum absolute atomic E-state index is 11.0. The van der Waals surface area contributed by atoms with Gasteiger partial charge in [0, 0.05) is 13.1 Å². The number of aromatic nitrogens is 2. The van der Waals surface area contributed by atoms with Crippen LogP contribution in [0.3, 0.4) is 0 Å². The van der Waals surface area contributed by atoms with E-state index >= 15 is 0 Å². The average molecular weight is 236 g/mol. The smallest absolute Gasteiger partial charge is 0.221 e. The van der Waals surface area contributed by atoms with Crippen LogP contribution in [0.5, 0.6) is 0 Å². The number of hydrazine groups is 1. The van der Waals surface area contributed by atoms with Crippen molar-refractivity contribution in [2.75, 3.05) is 18.5 Å². The van der Waals surface area contributed by atoms with Crippen molar-refractivity contribution in [1.29, 1.82) is 0 Å². The van der Waals surface area contributed by atoms with Gasteiger partial charge in [0.15, 0.2) is 5.82 Å². The van der Waals surface area contributed by atoms with Crippen LogP contribution < -0.4 is 17.0 Å². The predicted octanol–water partition coefficient (Wildman–Crippen LogP) is -0.931.